The average Bonchev–Trinajstić information content (AvgIpc) is 3.20. The normalized spacial score (nSPS) is 18.3. The zero-order chi connectivity index (χ0) is 16.3. The van der Waals surface area contributed by atoms with Crippen LogP contribution in [0.3, 0.4) is 0 Å². The molecule has 2 N–H and O–H groups in total. The van der Waals surface area contributed by atoms with Gasteiger partial charge in [-0.05, 0) is 25.3 Å². The fourth-order valence-electron chi connectivity index (χ4n) is 2.44. The Labute approximate surface area is 138 Å². The Balaban J connectivity index is 1.47. The second-order valence-corrected chi connectivity index (χ2v) is 5.86. The quantitative estimate of drug-likeness (QED) is 0.399. The lowest BCUT2D eigenvalue weighted by Gasteiger charge is -2.12. The Kier molecular flexibility index (Phi) is 7.89. The van der Waals surface area contributed by atoms with Gasteiger partial charge in [0.1, 0.15) is 0 Å². The minimum absolute atomic E-state index is 0.586. The molecular weight excluding hydrogens is 294 g/mol. The van der Waals surface area contributed by atoms with Crippen LogP contribution >= 0.6 is 0 Å². The third-order valence-corrected chi connectivity index (χ3v) is 3.75. The van der Waals surface area contributed by atoms with Crippen molar-refractivity contribution >= 4 is 5.96 Å². The molecule has 23 heavy (non-hydrogen) atoms. The number of hydrogen-bond donors (Lipinski definition) is 2. The lowest BCUT2D eigenvalue weighted by molar-refractivity contribution is 0.0888. The van der Waals surface area contributed by atoms with Gasteiger partial charge in [-0.1, -0.05) is 0 Å². The van der Waals surface area contributed by atoms with E-state index in [1.54, 1.807) is 7.05 Å². The molecule has 0 aromatic carbocycles. The van der Waals surface area contributed by atoms with Crippen molar-refractivity contribution in [3.63, 3.8) is 0 Å². The van der Waals surface area contributed by atoms with Gasteiger partial charge in [-0.15, -0.1) is 0 Å². The third kappa shape index (κ3) is 7.00. The van der Waals surface area contributed by atoms with Crippen molar-refractivity contribution < 1.29 is 9.47 Å². The van der Waals surface area contributed by atoms with Gasteiger partial charge in [-0.2, -0.15) is 5.10 Å². The van der Waals surface area contributed by atoms with Gasteiger partial charge in [0.15, 0.2) is 5.96 Å². The van der Waals surface area contributed by atoms with Gasteiger partial charge in [0, 0.05) is 45.5 Å². The van der Waals surface area contributed by atoms with E-state index in [1.807, 2.05) is 24.0 Å². The number of ether oxygens (including phenoxy) is 2. The van der Waals surface area contributed by atoms with E-state index >= 15 is 0 Å². The Bertz CT molecular complexity index is 469. The molecule has 1 aromatic rings. The smallest absolute Gasteiger partial charge is 0.191 e. The van der Waals surface area contributed by atoms with E-state index in [4.69, 9.17) is 9.47 Å². The second-order valence-electron chi connectivity index (χ2n) is 5.86. The maximum Gasteiger partial charge on any atom is 0.191 e. The Morgan fingerprint density at radius 1 is 1.48 bits per heavy atom. The lowest BCUT2D eigenvalue weighted by atomic mass is 10.1. The van der Waals surface area contributed by atoms with Crippen LogP contribution in [0.25, 0.3) is 0 Å². The molecule has 0 aliphatic carbocycles. The summed E-state index contributed by atoms with van der Waals surface area (Å²) in [5.74, 6) is 1.40. The first-order valence-electron chi connectivity index (χ1n) is 8.37. The van der Waals surface area contributed by atoms with Gasteiger partial charge in [0.2, 0.25) is 0 Å². The summed E-state index contributed by atoms with van der Waals surface area (Å²) in [6.07, 6.45) is 5.99. The van der Waals surface area contributed by atoms with Gasteiger partial charge >= 0.3 is 0 Å². The SMILES string of the molecule is CN=C(NCCCOCC1CCOC1)NCCn1cc(C)cn1. The number of aryl methyl sites for hydroxylation is 1. The summed E-state index contributed by atoms with van der Waals surface area (Å²) in [6.45, 7) is 7.82. The van der Waals surface area contributed by atoms with Gasteiger partial charge in [0.25, 0.3) is 0 Å². The molecule has 1 saturated heterocycles. The van der Waals surface area contributed by atoms with E-state index in [0.29, 0.717) is 5.92 Å². The fraction of sp³-hybridized carbons (Fsp3) is 0.750. The molecule has 1 unspecified atom stereocenters. The first-order valence-corrected chi connectivity index (χ1v) is 8.37. The maximum absolute atomic E-state index is 5.68. The van der Waals surface area contributed by atoms with Crippen molar-refractivity contribution in [1.82, 2.24) is 20.4 Å². The molecule has 0 bridgehead atoms. The molecule has 7 nitrogen and oxygen atoms in total. The molecular formula is C16H29N5O2. The van der Waals surface area contributed by atoms with E-state index in [2.05, 4.69) is 20.7 Å². The Hall–Kier alpha value is -1.60. The standard InChI is InChI=1S/C16H29N5O2/c1-14-10-20-21(11-14)7-6-19-16(17-2)18-5-3-8-22-12-15-4-9-23-13-15/h10-11,15H,3-9,12-13H2,1-2H3,(H2,17,18,19). The second kappa shape index (κ2) is 10.2. The van der Waals surface area contributed by atoms with E-state index in [0.717, 1.165) is 64.9 Å². The Morgan fingerprint density at radius 2 is 2.35 bits per heavy atom. The lowest BCUT2D eigenvalue weighted by Crippen LogP contribution is -2.39. The highest BCUT2D eigenvalue weighted by Crippen LogP contribution is 2.12. The molecule has 1 aliphatic rings. The van der Waals surface area contributed by atoms with Gasteiger partial charge < -0.3 is 20.1 Å². The molecule has 7 heteroatoms. The summed E-state index contributed by atoms with van der Waals surface area (Å²) >= 11 is 0. The number of hydrogen-bond acceptors (Lipinski definition) is 4. The van der Waals surface area contributed by atoms with Crippen LogP contribution in [0.5, 0.6) is 0 Å². The minimum atomic E-state index is 0.586. The molecule has 0 radical (unpaired) electrons. The molecule has 0 spiro atoms. The molecule has 1 atom stereocenters. The van der Waals surface area contributed by atoms with Crippen LogP contribution in [0.15, 0.2) is 17.4 Å². The molecule has 1 aromatic heterocycles. The predicted octanol–water partition coefficient (Wildman–Crippen LogP) is 0.800. The van der Waals surface area contributed by atoms with Crippen LogP contribution in [0.1, 0.15) is 18.4 Å². The summed E-state index contributed by atoms with van der Waals surface area (Å²) in [6, 6.07) is 0. The first-order chi connectivity index (χ1) is 11.3. The molecule has 130 valence electrons. The maximum atomic E-state index is 5.68. The van der Waals surface area contributed by atoms with Crippen LogP contribution < -0.4 is 10.6 Å². The van der Waals surface area contributed by atoms with Crippen molar-refractivity contribution in [1.29, 1.82) is 0 Å². The average molecular weight is 323 g/mol. The van der Waals surface area contributed by atoms with Crippen LogP contribution in [-0.4, -0.2) is 62.3 Å². The zero-order valence-electron chi connectivity index (χ0n) is 14.3. The molecule has 1 aliphatic heterocycles. The van der Waals surface area contributed by atoms with Gasteiger partial charge in [0.05, 0.1) is 26.0 Å². The van der Waals surface area contributed by atoms with Gasteiger partial charge in [-0.25, -0.2) is 0 Å². The van der Waals surface area contributed by atoms with Crippen molar-refractivity contribution in [2.75, 3.05) is 46.6 Å². The number of nitrogens with one attached hydrogen (secondary N) is 2. The number of nitrogens with zero attached hydrogens (tertiary/aromatic N) is 3. The van der Waals surface area contributed by atoms with Crippen LogP contribution in [-0.2, 0) is 16.0 Å². The summed E-state index contributed by atoms with van der Waals surface area (Å²) in [7, 11) is 1.78. The van der Waals surface area contributed by atoms with Crippen LogP contribution in [0.4, 0.5) is 0 Å². The first kappa shape index (κ1) is 17.7. The largest absolute Gasteiger partial charge is 0.381 e. The monoisotopic (exact) mass is 323 g/mol. The van der Waals surface area contributed by atoms with E-state index in [1.165, 1.54) is 5.56 Å². The molecule has 2 heterocycles. The predicted molar refractivity (Wildman–Crippen MR) is 90.7 cm³/mol. The number of guanidine groups is 1. The van der Waals surface area contributed by atoms with Crippen molar-refractivity contribution in [2.24, 2.45) is 10.9 Å². The highest BCUT2D eigenvalue weighted by atomic mass is 16.5. The number of aromatic nitrogens is 2. The Morgan fingerprint density at radius 3 is 3.04 bits per heavy atom. The molecule has 2 rings (SSSR count). The van der Waals surface area contributed by atoms with Crippen molar-refractivity contribution in [3.8, 4) is 0 Å². The summed E-state index contributed by atoms with van der Waals surface area (Å²) < 4.78 is 12.9. The molecule has 1 fully saturated rings. The number of rotatable bonds is 9. The third-order valence-electron chi connectivity index (χ3n) is 3.75. The van der Waals surface area contributed by atoms with E-state index < -0.39 is 0 Å². The van der Waals surface area contributed by atoms with Gasteiger partial charge in [-0.3, -0.25) is 9.67 Å². The fourth-order valence-corrected chi connectivity index (χ4v) is 2.44. The van der Waals surface area contributed by atoms with Crippen molar-refractivity contribution in [3.05, 3.63) is 18.0 Å². The highest BCUT2D eigenvalue weighted by molar-refractivity contribution is 5.79. The minimum Gasteiger partial charge on any atom is -0.381 e. The summed E-state index contributed by atoms with van der Waals surface area (Å²) in [5, 5.41) is 10.8. The highest BCUT2D eigenvalue weighted by Gasteiger charge is 2.15. The zero-order valence-corrected chi connectivity index (χ0v) is 14.3. The molecule has 0 amide bonds. The van der Waals surface area contributed by atoms with E-state index in [-0.39, 0.29) is 0 Å². The summed E-state index contributed by atoms with van der Waals surface area (Å²) in [5.41, 5.74) is 1.18. The molecule has 0 saturated carbocycles. The van der Waals surface area contributed by atoms with Crippen LogP contribution in [0, 0.1) is 12.8 Å². The van der Waals surface area contributed by atoms with E-state index in [9.17, 15) is 0 Å². The summed E-state index contributed by atoms with van der Waals surface area (Å²) in [4.78, 5) is 4.21. The topological polar surface area (TPSA) is 72.7 Å². The number of aliphatic imine (C=N–C) groups is 1. The van der Waals surface area contributed by atoms with Crippen LogP contribution in [0.2, 0.25) is 0 Å². The van der Waals surface area contributed by atoms with Crippen molar-refractivity contribution in [2.45, 2.75) is 26.3 Å².